The molecule has 152 valence electrons. The van der Waals surface area contributed by atoms with E-state index in [1.165, 1.54) is 0 Å². The predicted octanol–water partition coefficient (Wildman–Crippen LogP) is 3.47. The number of benzene rings is 2. The van der Waals surface area contributed by atoms with Crippen molar-refractivity contribution in [1.82, 2.24) is 10.2 Å². The van der Waals surface area contributed by atoms with Crippen molar-refractivity contribution in [3.8, 4) is 0 Å². The van der Waals surface area contributed by atoms with Gasteiger partial charge in [-0.05, 0) is 42.7 Å². The fourth-order valence-corrected chi connectivity index (χ4v) is 5.36. The fourth-order valence-electron chi connectivity index (χ4n) is 3.66. The highest BCUT2D eigenvalue weighted by Gasteiger charge is 2.34. The summed E-state index contributed by atoms with van der Waals surface area (Å²) in [7, 11) is -3.64. The highest BCUT2D eigenvalue weighted by atomic mass is 35.5. The van der Waals surface area contributed by atoms with Gasteiger partial charge >= 0.3 is 0 Å². The van der Waals surface area contributed by atoms with Gasteiger partial charge in [0.1, 0.15) is 4.90 Å². The van der Waals surface area contributed by atoms with Crippen LogP contribution in [-0.4, -0.2) is 38.2 Å². The molecule has 0 spiro atoms. The largest absolute Gasteiger partial charge is 0.355 e. The van der Waals surface area contributed by atoms with Crippen molar-refractivity contribution in [3.05, 3.63) is 63.6 Å². The minimum atomic E-state index is -3.64. The zero-order valence-corrected chi connectivity index (χ0v) is 17.8. The van der Waals surface area contributed by atoms with Gasteiger partial charge in [0.15, 0.2) is 5.84 Å². The van der Waals surface area contributed by atoms with Gasteiger partial charge in [0.2, 0.25) is 5.91 Å². The van der Waals surface area contributed by atoms with Crippen LogP contribution in [0, 0.1) is 5.92 Å². The summed E-state index contributed by atoms with van der Waals surface area (Å²) < 4.78 is 28.5. The Kier molecular flexibility index (Phi) is 5.55. The number of nitrogens with zero attached hydrogens (tertiary/aromatic N) is 2. The van der Waals surface area contributed by atoms with Crippen molar-refractivity contribution in [2.24, 2.45) is 10.3 Å². The van der Waals surface area contributed by atoms with Crippen LogP contribution in [0.4, 0.5) is 0 Å². The van der Waals surface area contributed by atoms with Crippen LogP contribution >= 0.6 is 23.2 Å². The second-order valence-corrected chi connectivity index (χ2v) is 9.52. The van der Waals surface area contributed by atoms with Gasteiger partial charge in [-0.15, -0.1) is 4.40 Å². The minimum Gasteiger partial charge on any atom is -0.355 e. The molecule has 1 saturated heterocycles. The molecule has 0 radical (unpaired) electrons. The second kappa shape index (κ2) is 7.97. The lowest BCUT2D eigenvalue weighted by Crippen LogP contribution is -2.42. The molecule has 29 heavy (non-hydrogen) atoms. The number of amidine groups is 1. The first-order valence-electron chi connectivity index (χ1n) is 9.26. The van der Waals surface area contributed by atoms with Crippen molar-refractivity contribution < 1.29 is 13.2 Å². The van der Waals surface area contributed by atoms with E-state index in [2.05, 4.69) is 9.71 Å². The number of carbonyl (C=O) groups is 1. The molecule has 1 amide bonds. The van der Waals surface area contributed by atoms with Crippen LogP contribution in [0.5, 0.6) is 0 Å². The van der Waals surface area contributed by atoms with E-state index in [-0.39, 0.29) is 16.7 Å². The van der Waals surface area contributed by atoms with Crippen molar-refractivity contribution >= 4 is 45.0 Å². The summed E-state index contributed by atoms with van der Waals surface area (Å²) in [5.41, 5.74) is 1.44. The lowest BCUT2D eigenvalue weighted by molar-refractivity contribution is -0.126. The second-order valence-electron chi connectivity index (χ2n) is 7.10. The molecule has 2 aromatic rings. The Morgan fingerprint density at radius 1 is 1.14 bits per heavy atom. The molecule has 9 heteroatoms. The molecular weight excluding hydrogens is 433 g/mol. The van der Waals surface area contributed by atoms with Gasteiger partial charge in [-0.3, -0.25) is 4.79 Å². The van der Waals surface area contributed by atoms with Crippen LogP contribution in [0.1, 0.15) is 24.0 Å². The normalized spacial score (nSPS) is 18.3. The molecule has 0 unspecified atom stereocenters. The van der Waals surface area contributed by atoms with E-state index in [1.807, 2.05) is 4.90 Å². The summed E-state index contributed by atoms with van der Waals surface area (Å²) in [5.74, 6) is 0.315. The molecule has 2 aliphatic heterocycles. The number of rotatable bonds is 3. The van der Waals surface area contributed by atoms with Gasteiger partial charge < -0.3 is 10.2 Å². The highest BCUT2D eigenvalue weighted by Crippen LogP contribution is 2.29. The summed E-state index contributed by atoms with van der Waals surface area (Å²) in [4.78, 5) is 14.7. The quantitative estimate of drug-likeness (QED) is 0.774. The van der Waals surface area contributed by atoms with Gasteiger partial charge in [0, 0.05) is 41.2 Å². The first-order chi connectivity index (χ1) is 13.8. The average molecular weight is 452 g/mol. The Morgan fingerprint density at radius 2 is 1.86 bits per heavy atom. The summed E-state index contributed by atoms with van der Waals surface area (Å²) in [6.07, 6.45) is 1.25. The first kappa shape index (κ1) is 20.2. The van der Waals surface area contributed by atoms with Crippen molar-refractivity contribution in [2.45, 2.75) is 24.3 Å². The molecule has 2 heterocycles. The monoisotopic (exact) mass is 451 g/mol. The van der Waals surface area contributed by atoms with Gasteiger partial charge in [0.25, 0.3) is 10.0 Å². The smallest absolute Gasteiger partial charge is 0.285 e. The van der Waals surface area contributed by atoms with Crippen LogP contribution in [0.15, 0.2) is 51.8 Å². The van der Waals surface area contributed by atoms with Crippen molar-refractivity contribution in [3.63, 3.8) is 0 Å². The summed E-state index contributed by atoms with van der Waals surface area (Å²) >= 11 is 12.0. The topological polar surface area (TPSA) is 78.8 Å². The number of halogens is 2. The number of amides is 1. The molecule has 0 aromatic heterocycles. The fraction of sp³-hybridized carbons (Fsp3) is 0.300. The summed E-state index contributed by atoms with van der Waals surface area (Å²) in [6.45, 7) is 1.48. The molecule has 0 atom stereocenters. The van der Waals surface area contributed by atoms with E-state index in [4.69, 9.17) is 23.2 Å². The molecule has 2 aromatic carbocycles. The Hall–Kier alpha value is -2.09. The molecular formula is C20H19Cl2N3O3S. The number of likely N-dealkylation sites (tertiary alicyclic amines) is 1. The van der Waals surface area contributed by atoms with E-state index in [0.29, 0.717) is 53.9 Å². The van der Waals surface area contributed by atoms with E-state index in [9.17, 15) is 13.2 Å². The van der Waals surface area contributed by atoms with E-state index < -0.39 is 10.0 Å². The molecule has 4 rings (SSSR count). The predicted molar refractivity (Wildman–Crippen MR) is 113 cm³/mol. The van der Waals surface area contributed by atoms with Crippen molar-refractivity contribution in [1.29, 1.82) is 0 Å². The number of sulfonamides is 1. The Morgan fingerprint density at radius 3 is 2.59 bits per heavy atom. The molecule has 0 saturated carbocycles. The average Bonchev–Trinajstić information content (AvgIpc) is 2.99. The molecule has 0 aliphatic carbocycles. The first-order valence-corrected chi connectivity index (χ1v) is 11.5. The number of hydrogen-bond acceptors (Lipinski definition) is 4. The van der Waals surface area contributed by atoms with E-state index in [0.717, 1.165) is 5.56 Å². The van der Waals surface area contributed by atoms with Gasteiger partial charge in [0.05, 0.1) is 0 Å². The van der Waals surface area contributed by atoms with Gasteiger partial charge in [-0.25, -0.2) is 0 Å². The molecule has 0 bridgehead atoms. The summed E-state index contributed by atoms with van der Waals surface area (Å²) in [6, 6.07) is 12.0. The van der Waals surface area contributed by atoms with E-state index >= 15 is 0 Å². The van der Waals surface area contributed by atoms with Crippen LogP contribution in [0.25, 0.3) is 0 Å². The maximum absolute atomic E-state index is 12.6. The highest BCUT2D eigenvalue weighted by molar-refractivity contribution is 7.90. The standard InChI is InChI=1S/C20H19Cl2N3O3S/c21-15-6-5-14(17(22)11-15)12-23-20(26)13-7-9-25(10-8-13)19-16-3-1-2-4-18(16)29(27,28)24-19/h1-6,11,13H,7-10,12H2,(H,23,26). The molecule has 1 N–H and O–H groups in total. The third-order valence-electron chi connectivity index (χ3n) is 5.25. The maximum Gasteiger partial charge on any atom is 0.285 e. The Balaban J connectivity index is 1.37. The molecule has 1 fully saturated rings. The van der Waals surface area contributed by atoms with Crippen LogP contribution in [-0.2, 0) is 21.4 Å². The van der Waals surface area contributed by atoms with Crippen molar-refractivity contribution in [2.75, 3.05) is 13.1 Å². The number of piperidine rings is 1. The zero-order chi connectivity index (χ0) is 20.6. The lowest BCUT2D eigenvalue weighted by Gasteiger charge is -2.32. The third kappa shape index (κ3) is 4.13. The lowest BCUT2D eigenvalue weighted by atomic mass is 9.95. The van der Waals surface area contributed by atoms with Gasteiger partial charge in [-0.1, -0.05) is 41.4 Å². The number of fused-ring (bicyclic) bond motifs is 1. The third-order valence-corrected chi connectivity index (χ3v) is 7.16. The SMILES string of the molecule is O=C(NCc1ccc(Cl)cc1Cl)C1CCN(C2=NS(=O)(=O)c3ccccc32)CC1. The molecule has 6 nitrogen and oxygen atoms in total. The van der Waals surface area contributed by atoms with Crippen LogP contribution in [0.3, 0.4) is 0 Å². The summed E-state index contributed by atoms with van der Waals surface area (Å²) in [5, 5.41) is 4.00. The zero-order valence-electron chi connectivity index (χ0n) is 15.4. The Labute approximate surface area is 179 Å². The van der Waals surface area contributed by atoms with Crippen LogP contribution in [0.2, 0.25) is 10.0 Å². The van der Waals surface area contributed by atoms with E-state index in [1.54, 1.807) is 42.5 Å². The van der Waals surface area contributed by atoms with Gasteiger partial charge in [-0.2, -0.15) is 8.42 Å². The Bertz CT molecular complexity index is 1090. The minimum absolute atomic E-state index is 0.0305. The molecule has 2 aliphatic rings. The maximum atomic E-state index is 12.6. The van der Waals surface area contributed by atoms with Crippen LogP contribution < -0.4 is 5.32 Å². The number of nitrogens with one attached hydrogen (secondary N) is 1. The number of hydrogen-bond donors (Lipinski definition) is 1. The number of carbonyl (C=O) groups excluding carboxylic acids is 1.